The Hall–Kier alpha value is -1.65. The smallest absolute Gasteiger partial charge is 0.207 e. The van der Waals surface area contributed by atoms with Gasteiger partial charge in [-0.3, -0.25) is 0 Å². The van der Waals surface area contributed by atoms with Crippen LogP contribution in [-0.4, -0.2) is 25.3 Å². The lowest BCUT2D eigenvalue weighted by Crippen LogP contribution is -2.42. The van der Waals surface area contributed by atoms with Crippen molar-refractivity contribution in [3.05, 3.63) is 66.8 Å². The number of rotatable bonds is 6. The van der Waals surface area contributed by atoms with Gasteiger partial charge in [-0.05, 0) is 43.9 Å². The molecule has 1 unspecified atom stereocenters. The minimum absolute atomic E-state index is 0.114. The van der Waals surface area contributed by atoms with E-state index < -0.39 is 10.0 Å². The van der Waals surface area contributed by atoms with Gasteiger partial charge < -0.3 is 0 Å². The molecule has 0 bridgehead atoms. The molecule has 118 valence electrons. The summed E-state index contributed by atoms with van der Waals surface area (Å²) in [6.45, 7) is 9.92. The average molecular weight is 317 g/mol. The molecule has 0 N–H and O–H groups in total. The Morgan fingerprint density at radius 2 is 2.00 bits per heavy atom. The fraction of sp³-hybridized carbons (Fsp3) is 0.333. The normalized spacial score (nSPS) is 19.3. The van der Waals surface area contributed by atoms with Crippen molar-refractivity contribution in [2.75, 3.05) is 6.54 Å². The molecule has 3 nitrogen and oxygen atoms in total. The summed E-state index contributed by atoms with van der Waals surface area (Å²) in [5.74, 6) is 0. The van der Waals surface area contributed by atoms with E-state index in [4.69, 9.17) is 0 Å². The molecule has 0 saturated carbocycles. The van der Waals surface area contributed by atoms with Crippen molar-refractivity contribution in [3.63, 3.8) is 0 Å². The summed E-state index contributed by atoms with van der Waals surface area (Å²) < 4.78 is 27.4. The van der Waals surface area contributed by atoms with Gasteiger partial charge in [0.25, 0.3) is 0 Å². The predicted molar refractivity (Wildman–Crippen MR) is 91.2 cm³/mol. The molecular weight excluding hydrogens is 294 g/mol. The molecule has 1 aromatic carbocycles. The lowest BCUT2D eigenvalue weighted by molar-refractivity contribution is 0.357. The minimum Gasteiger partial charge on any atom is -0.207 e. The summed E-state index contributed by atoms with van der Waals surface area (Å²) in [5, 5.41) is 0. The fourth-order valence-corrected chi connectivity index (χ4v) is 4.15. The first-order chi connectivity index (χ1) is 10.4. The highest BCUT2D eigenvalue weighted by molar-refractivity contribution is 7.89. The second-order valence-corrected chi connectivity index (χ2v) is 7.56. The zero-order valence-electron chi connectivity index (χ0n) is 13.0. The van der Waals surface area contributed by atoms with Crippen molar-refractivity contribution in [1.29, 1.82) is 0 Å². The van der Waals surface area contributed by atoms with Crippen molar-refractivity contribution < 1.29 is 8.42 Å². The number of aryl methyl sites for hydroxylation is 1. The first kappa shape index (κ1) is 16.7. The van der Waals surface area contributed by atoms with Crippen LogP contribution < -0.4 is 0 Å². The lowest BCUT2D eigenvalue weighted by Gasteiger charge is -2.32. The molecule has 1 heterocycles. The monoisotopic (exact) mass is 317 g/mol. The number of hydrogen-bond acceptors (Lipinski definition) is 2. The molecule has 0 radical (unpaired) electrons. The van der Waals surface area contributed by atoms with Crippen molar-refractivity contribution >= 4 is 10.0 Å². The highest BCUT2D eigenvalue weighted by Gasteiger charge is 2.31. The summed E-state index contributed by atoms with van der Waals surface area (Å²) in [4.78, 5) is 0.343. The molecule has 0 aliphatic carbocycles. The largest absolute Gasteiger partial charge is 0.243 e. The van der Waals surface area contributed by atoms with Crippen LogP contribution in [0, 0.1) is 6.92 Å². The van der Waals surface area contributed by atoms with E-state index in [-0.39, 0.29) is 6.04 Å². The summed E-state index contributed by atoms with van der Waals surface area (Å²) in [7, 11) is -3.50. The Morgan fingerprint density at radius 1 is 1.32 bits per heavy atom. The van der Waals surface area contributed by atoms with Crippen LogP contribution in [-0.2, 0) is 10.0 Å². The number of benzene rings is 1. The van der Waals surface area contributed by atoms with Crippen LogP contribution in [0.3, 0.4) is 0 Å². The molecule has 1 aliphatic heterocycles. The Bertz CT molecular complexity index is 672. The van der Waals surface area contributed by atoms with Crippen LogP contribution in [0.1, 0.15) is 24.8 Å². The molecule has 1 atom stereocenters. The molecule has 0 spiro atoms. The maximum Gasteiger partial charge on any atom is 0.243 e. The van der Waals surface area contributed by atoms with Gasteiger partial charge >= 0.3 is 0 Å². The van der Waals surface area contributed by atoms with E-state index in [9.17, 15) is 8.42 Å². The highest BCUT2D eigenvalue weighted by atomic mass is 32.2. The summed E-state index contributed by atoms with van der Waals surface area (Å²) in [5.41, 5.74) is 1.86. The fourth-order valence-electron chi connectivity index (χ4n) is 2.53. The standard InChI is InChI=1S/C18H23NO2S/c1-4-5-6-7-17-11-8-16(3)14-19(17)22(20,21)18-12-9-15(2)10-13-18/h4,8-13,17H,1,3,5-7,14H2,2H3. The van der Waals surface area contributed by atoms with Gasteiger partial charge in [-0.25, -0.2) is 8.42 Å². The zero-order chi connectivity index (χ0) is 16.2. The molecule has 22 heavy (non-hydrogen) atoms. The Kier molecular flexibility index (Phi) is 5.37. The van der Waals surface area contributed by atoms with Crippen LogP contribution in [0.25, 0.3) is 0 Å². The maximum absolute atomic E-state index is 12.9. The number of unbranched alkanes of at least 4 members (excludes halogenated alkanes) is 1. The molecule has 1 aromatic rings. The summed E-state index contributed by atoms with van der Waals surface area (Å²) in [6.07, 6.45) is 8.35. The van der Waals surface area contributed by atoms with Crippen molar-refractivity contribution in [2.24, 2.45) is 0 Å². The maximum atomic E-state index is 12.9. The van der Waals surface area contributed by atoms with Crippen molar-refractivity contribution in [1.82, 2.24) is 4.31 Å². The van der Waals surface area contributed by atoms with Crippen LogP contribution in [0.4, 0.5) is 0 Å². The predicted octanol–water partition coefficient (Wildman–Crippen LogP) is 3.84. The summed E-state index contributed by atoms with van der Waals surface area (Å²) in [6, 6.07) is 6.89. The molecule has 2 rings (SSSR count). The van der Waals surface area contributed by atoms with Gasteiger partial charge in [-0.15, -0.1) is 6.58 Å². The molecule has 0 aromatic heterocycles. The highest BCUT2D eigenvalue weighted by Crippen LogP contribution is 2.26. The number of allylic oxidation sites excluding steroid dienone is 1. The first-order valence-corrected chi connectivity index (χ1v) is 8.94. The van der Waals surface area contributed by atoms with Crippen LogP contribution in [0.5, 0.6) is 0 Å². The summed E-state index contributed by atoms with van der Waals surface area (Å²) >= 11 is 0. The van der Waals surface area contributed by atoms with Crippen molar-refractivity contribution in [2.45, 2.75) is 37.1 Å². The number of nitrogens with zero attached hydrogens (tertiary/aromatic N) is 1. The zero-order valence-corrected chi connectivity index (χ0v) is 13.8. The minimum atomic E-state index is -3.50. The van der Waals surface area contributed by atoms with Gasteiger partial charge in [-0.1, -0.05) is 42.5 Å². The Labute approximate surface area is 133 Å². The van der Waals surface area contributed by atoms with E-state index >= 15 is 0 Å². The molecule has 4 heteroatoms. The van der Waals surface area contributed by atoms with Gasteiger partial charge in [0.05, 0.1) is 4.90 Å². The average Bonchev–Trinajstić information content (AvgIpc) is 2.49. The molecule has 0 fully saturated rings. The van der Waals surface area contributed by atoms with E-state index in [2.05, 4.69) is 13.2 Å². The molecule has 0 saturated heterocycles. The van der Waals surface area contributed by atoms with Gasteiger partial charge in [0.1, 0.15) is 0 Å². The number of hydrogen-bond donors (Lipinski definition) is 0. The van der Waals surface area contributed by atoms with Crippen LogP contribution in [0.2, 0.25) is 0 Å². The third-order valence-electron chi connectivity index (χ3n) is 3.82. The van der Waals surface area contributed by atoms with E-state index in [0.717, 1.165) is 30.4 Å². The quantitative estimate of drug-likeness (QED) is 0.590. The third kappa shape index (κ3) is 3.76. The SMILES string of the molecule is C=CCCCC1C=CC(=C)CN1S(=O)(=O)c1ccc(C)cc1. The lowest BCUT2D eigenvalue weighted by atomic mass is 10.0. The van der Waals surface area contributed by atoms with Crippen LogP contribution >= 0.6 is 0 Å². The van der Waals surface area contributed by atoms with Gasteiger partial charge in [0.15, 0.2) is 0 Å². The molecular formula is C18H23NO2S. The van der Waals surface area contributed by atoms with E-state index in [1.807, 2.05) is 37.3 Å². The second kappa shape index (κ2) is 7.07. The molecule has 0 amide bonds. The topological polar surface area (TPSA) is 37.4 Å². The van der Waals surface area contributed by atoms with E-state index in [0.29, 0.717) is 11.4 Å². The first-order valence-electron chi connectivity index (χ1n) is 7.50. The van der Waals surface area contributed by atoms with Crippen LogP contribution in [0.15, 0.2) is 66.1 Å². The third-order valence-corrected chi connectivity index (χ3v) is 5.70. The van der Waals surface area contributed by atoms with Crippen molar-refractivity contribution in [3.8, 4) is 0 Å². The van der Waals surface area contributed by atoms with Gasteiger partial charge in [0, 0.05) is 12.6 Å². The van der Waals surface area contributed by atoms with Gasteiger partial charge in [-0.2, -0.15) is 4.31 Å². The van der Waals surface area contributed by atoms with E-state index in [1.165, 1.54) is 0 Å². The Balaban J connectivity index is 2.28. The number of sulfonamides is 1. The Morgan fingerprint density at radius 3 is 2.64 bits per heavy atom. The molecule has 1 aliphatic rings. The van der Waals surface area contributed by atoms with E-state index in [1.54, 1.807) is 16.4 Å². The van der Waals surface area contributed by atoms with Gasteiger partial charge in [0.2, 0.25) is 10.0 Å². The second-order valence-electron chi connectivity index (χ2n) is 5.67.